The van der Waals surface area contributed by atoms with Crippen molar-refractivity contribution in [2.24, 2.45) is 13.0 Å². The molecule has 2 saturated heterocycles. The number of aromatic nitrogens is 2. The zero-order valence-electron chi connectivity index (χ0n) is 20.7. The van der Waals surface area contributed by atoms with E-state index in [9.17, 15) is 14.4 Å². The molecule has 0 radical (unpaired) electrons. The summed E-state index contributed by atoms with van der Waals surface area (Å²) < 4.78 is 3.11. The number of rotatable bonds is 5. The van der Waals surface area contributed by atoms with Crippen LogP contribution in [0.4, 0.5) is 0 Å². The van der Waals surface area contributed by atoms with Gasteiger partial charge in [0.2, 0.25) is 11.8 Å². The van der Waals surface area contributed by atoms with Gasteiger partial charge in [-0.25, -0.2) is 4.79 Å². The Labute approximate surface area is 210 Å². The number of imide groups is 1. The Kier molecular flexibility index (Phi) is 6.01. The van der Waals surface area contributed by atoms with Crippen molar-refractivity contribution in [1.82, 2.24) is 24.7 Å². The number of fused-ring (bicyclic) bond motifs is 1. The summed E-state index contributed by atoms with van der Waals surface area (Å²) in [6.45, 7) is 5.79. The molecule has 3 heterocycles. The number of piperidine rings is 1. The zero-order chi connectivity index (χ0) is 24.8. The first-order valence-electron chi connectivity index (χ1n) is 13.1. The summed E-state index contributed by atoms with van der Waals surface area (Å²) in [4.78, 5) is 39.6. The third-order valence-electron chi connectivity index (χ3n) is 8.29. The fourth-order valence-corrected chi connectivity index (χ4v) is 6.14. The molecule has 8 nitrogen and oxygen atoms in total. The fraction of sp³-hybridized carbons (Fsp3) is 0.464. The predicted octanol–water partition coefficient (Wildman–Crippen LogP) is 2.38. The van der Waals surface area contributed by atoms with E-state index in [1.54, 1.807) is 11.6 Å². The first-order valence-corrected chi connectivity index (χ1v) is 13.1. The van der Waals surface area contributed by atoms with Gasteiger partial charge in [-0.2, -0.15) is 0 Å². The smallest absolute Gasteiger partial charge is 0.314 e. The fourth-order valence-electron chi connectivity index (χ4n) is 6.14. The van der Waals surface area contributed by atoms with Crippen LogP contribution in [-0.2, 0) is 16.6 Å². The van der Waals surface area contributed by atoms with Crippen LogP contribution in [-0.4, -0.2) is 58.6 Å². The van der Waals surface area contributed by atoms with Crippen LogP contribution in [0.1, 0.15) is 43.2 Å². The third-order valence-corrected chi connectivity index (χ3v) is 8.29. The minimum absolute atomic E-state index is 0.237. The van der Waals surface area contributed by atoms with Gasteiger partial charge in [-0.15, -0.1) is 0 Å². The second kappa shape index (κ2) is 9.33. The van der Waals surface area contributed by atoms with Crippen LogP contribution in [0.15, 0.2) is 47.3 Å². The van der Waals surface area contributed by atoms with Crippen LogP contribution in [0.25, 0.3) is 22.2 Å². The van der Waals surface area contributed by atoms with E-state index in [-0.39, 0.29) is 18.0 Å². The van der Waals surface area contributed by atoms with Gasteiger partial charge in [-0.3, -0.25) is 24.0 Å². The molecule has 0 spiro atoms. The molecular formula is C28H33N5O3. The lowest BCUT2D eigenvalue weighted by Gasteiger charge is -2.40. The van der Waals surface area contributed by atoms with Crippen molar-refractivity contribution in [3.05, 3.63) is 58.5 Å². The van der Waals surface area contributed by atoms with E-state index in [0.29, 0.717) is 17.9 Å². The highest BCUT2D eigenvalue weighted by Crippen LogP contribution is 2.42. The molecule has 1 aromatic heterocycles. The minimum Gasteiger partial charge on any atom is -0.314 e. The van der Waals surface area contributed by atoms with Gasteiger partial charge < -0.3 is 10.2 Å². The molecule has 36 heavy (non-hydrogen) atoms. The molecule has 3 aliphatic rings. The van der Waals surface area contributed by atoms with Gasteiger partial charge in [0.15, 0.2) is 0 Å². The molecule has 1 saturated carbocycles. The van der Waals surface area contributed by atoms with Gasteiger partial charge in [0.05, 0.1) is 11.0 Å². The second-order valence-electron chi connectivity index (χ2n) is 10.6. The minimum atomic E-state index is -0.665. The lowest BCUT2D eigenvalue weighted by molar-refractivity contribution is -0.135. The van der Waals surface area contributed by atoms with Crippen molar-refractivity contribution in [2.75, 3.05) is 32.7 Å². The summed E-state index contributed by atoms with van der Waals surface area (Å²) in [7, 11) is 1.73. The van der Waals surface area contributed by atoms with Crippen molar-refractivity contribution < 1.29 is 9.59 Å². The van der Waals surface area contributed by atoms with Crippen LogP contribution in [0, 0.1) is 5.92 Å². The third kappa shape index (κ3) is 4.18. The number of nitrogens with zero attached hydrogens (tertiary/aromatic N) is 3. The Bertz CT molecular complexity index is 1360. The number of carbonyl (C=O) groups excluding carboxylic acids is 2. The van der Waals surface area contributed by atoms with Crippen LogP contribution in [0.2, 0.25) is 0 Å². The predicted molar refractivity (Wildman–Crippen MR) is 139 cm³/mol. The Morgan fingerprint density at radius 2 is 1.64 bits per heavy atom. The van der Waals surface area contributed by atoms with Gasteiger partial charge >= 0.3 is 5.69 Å². The van der Waals surface area contributed by atoms with Gasteiger partial charge in [0.25, 0.3) is 0 Å². The van der Waals surface area contributed by atoms with Crippen LogP contribution in [0.5, 0.6) is 0 Å². The lowest BCUT2D eigenvalue weighted by atomic mass is 9.71. The number of hydrogen-bond acceptors (Lipinski definition) is 5. The molecule has 8 heteroatoms. The second-order valence-corrected chi connectivity index (χ2v) is 10.6. The summed E-state index contributed by atoms with van der Waals surface area (Å²) in [6, 6.07) is 14.1. The molecule has 0 bridgehead atoms. The van der Waals surface area contributed by atoms with E-state index < -0.39 is 11.9 Å². The number of imidazole rings is 1. The Balaban J connectivity index is 1.18. The maximum atomic E-state index is 13.0. The molecule has 2 aromatic carbocycles. The highest BCUT2D eigenvalue weighted by molar-refractivity contribution is 6.00. The average molecular weight is 488 g/mol. The molecule has 6 rings (SSSR count). The van der Waals surface area contributed by atoms with Gasteiger partial charge in [0.1, 0.15) is 6.04 Å². The van der Waals surface area contributed by atoms with Crippen molar-refractivity contribution >= 4 is 22.8 Å². The number of amides is 2. The highest BCUT2D eigenvalue weighted by Gasteiger charge is 2.32. The number of nitrogens with one attached hydrogen (secondary N) is 2. The van der Waals surface area contributed by atoms with E-state index in [0.717, 1.165) is 35.7 Å². The maximum Gasteiger partial charge on any atom is 0.329 e. The maximum absolute atomic E-state index is 13.0. The first-order chi connectivity index (χ1) is 17.5. The molecule has 3 fully saturated rings. The average Bonchev–Trinajstić information content (AvgIpc) is 3.11. The Morgan fingerprint density at radius 1 is 0.917 bits per heavy atom. The summed E-state index contributed by atoms with van der Waals surface area (Å²) in [6.07, 6.45) is 3.11. The molecule has 1 aliphatic carbocycles. The van der Waals surface area contributed by atoms with Crippen molar-refractivity contribution in [1.29, 1.82) is 0 Å². The molecule has 2 amide bonds. The summed E-state index contributed by atoms with van der Waals surface area (Å²) in [5.41, 5.74) is 4.80. The summed E-state index contributed by atoms with van der Waals surface area (Å²) >= 11 is 0. The van der Waals surface area contributed by atoms with E-state index in [4.69, 9.17) is 0 Å². The molecule has 1 atom stereocenters. The number of piperazine rings is 1. The largest absolute Gasteiger partial charge is 0.329 e. The normalized spacial score (nSPS) is 25.1. The van der Waals surface area contributed by atoms with E-state index in [1.807, 2.05) is 18.2 Å². The Morgan fingerprint density at radius 3 is 2.36 bits per heavy atom. The van der Waals surface area contributed by atoms with E-state index >= 15 is 0 Å². The standard InChI is InChI=1S/C28H33N5O3/c1-31-25-16-21(6-7-23(25)33(28(31)36)24-8-9-26(34)30-27(24)35)19-2-4-20(5-3-19)22-14-18(15-22)17-32-12-10-29-11-13-32/h2-7,16,18,22,24,29H,8-15,17H2,1H3,(H,30,34,35). The highest BCUT2D eigenvalue weighted by atomic mass is 16.2. The molecular weight excluding hydrogens is 454 g/mol. The number of carbonyl (C=O) groups is 2. The van der Waals surface area contributed by atoms with E-state index in [2.05, 4.69) is 39.8 Å². The number of hydrogen-bond donors (Lipinski definition) is 2. The monoisotopic (exact) mass is 487 g/mol. The molecule has 2 aliphatic heterocycles. The van der Waals surface area contributed by atoms with Gasteiger partial charge in [0, 0.05) is 46.2 Å². The molecule has 188 valence electrons. The van der Waals surface area contributed by atoms with Crippen molar-refractivity contribution in [2.45, 2.75) is 37.6 Å². The molecule has 2 N–H and O–H groups in total. The van der Waals surface area contributed by atoms with E-state index in [1.165, 1.54) is 42.6 Å². The van der Waals surface area contributed by atoms with Crippen LogP contribution >= 0.6 is 0 Å². The number of aryl methyl sites for hydroxylation is 1. The Hall–Kier alpha value is -3.23. The zero-order valence-corrected chi connectivity index (χ0v) is 20.7. The molecule has 1 unspecified atom stereocenters. The van der Waals surface area contributed by atoms with Crippen LogP contribution < -0.4 is 16.3 Å². The van der Waals surface area contributed by atoms with Crippen LogP contribution in [0.3, 0.4) is 0 Å². The first kappa shape index (κ1) is 23.2. The van der Waals surface area contributed by atoms with Gasteiger partial charge in [-0.05, 0) is 59.9 Å². The molecule has 3 aromatic rings. The number of benzene rings is 2. The van der Waals surface area contributed by atoms with Gasteiger partial charge in [-0.1, -0.05) is 30.3 Å². The topological polar surface area (TPSA) is 88.4 Å². The quantitative estimate of drug-likeness (QED) is 0.540. The lowest BCUT2D eigenvalue weighted by Crippen LogP contribution is -2.46. The summed E-state index contributed by atoms with van der Waals surface area (Å²) in [5.74, 6) is 0.765. The summed E-state index contributed by atoms with van der Waals surface area (Å²) in [5, 5.41) is 5.79. The van der Waals surface area contributed by atoms with Crippen molar-refractivity contribution in [3.63, 3.8) is 0 Å². The van der Waals surface area contributed by atoms with Crippen molar-refractivity contribution in [3.8, 4) is 11.1 Å². The SMILES string of the molecule is Cn1c(=O)n(C2CCC(=O)NC2=O)c2ccc(-c3ccc(C4CC(CN5CCNCC5)C4)cc3)cc21.